The molecule has 1 rings (SSSR count). The average molecular weight is 309 g/mol. The molecule has 0 saturated carbocycles. The van der Waals surface area contributed by atoms with Gasteiger partial charge in [0.15, 0.2) is 0 Å². The van der Waals surface area contributed by atoms with Crippen molar-refractivity contribution < 1.29 is 14.3 Å². The van der Waals surface area contributed by atoms with E-state index in [1.165, 1.54) is 28.7 Å². The largest absolute Gasteiger partial charge is 0.469 e. The number of rotatable bonds is 7. The maximum Gasteiger partial charge on any atom is 0.305 e. The quantitative estimate of drug-likeness (QED) is 0.478. The molecule has 1 amide bonds. The fourth-order valence-corrected chi connectivity index (χ4v) is 3.10. The van der Waals surface area contributed by atoms with Gasteiger partial charge >= 0.3 is 5.97 Å². The lowest BCUT2D eigenvalue weighted by molar-refractivity contribution is -0.140. The van der Waals surface area contributed by atoms with Crippen LogP contribution in [0.5, 0.6) is 0 Å². The SMILES string of the molecule is COC(=O)CCCNC(=O)CSc1c(C)cc(C)cc1C. The van der Waals surface area contributed by atoms with Crippen molar-refractivity contribution in [1.82, 2.24) is 5.32 Å². The zero-order valence-electron chi connectivity index (χ0n) is 13.1. The second-order valence-electron chi connectivity index (χ2n) is 5.05. The number of carbonyl (C=O) groups is 2. The molecule has 21 heavy (non-hydrogen) atoms. The first-order valence-electron chi connectivity index (χ1n) is 6.98. The Bertz CT molecular complexity index is 491. The molecular formula is C16H23NO3S. The average Bonchev–Trinajstić information content (AvgIpc) is 2.42. The predicted molar refractivity (Wildman–Crippen MR) is 85.6 cm³/mol. The maximum absolute atomic E-state index is 11.8. The summed E-state index contributed by atoms with van der Waals surface area (Å²) in [4.78, 5) is 23.9. The van der Waals surface area contributed by atoms with Crippen LogP contribution in [0.1, 0.15) is 29.5 Å². The molecule has 0 saturated heterocycles. The van der Waals surface area contributed by atoms with E-state index in [9.17, 15) is 9.59 Å². The fourth-order valence-electron chi connectivity index (χ4n) is 2.15. The molecule has 0 aliphatic carbocycles. The normalized spacial score (nSPS) is 10.3. The number of thioether (sulfide) groups is 1. The summed E-state index contributed by atoms with van der Waals surface area (Å²) in [6.45, 7) is 6.70. The van der Waals surface area contributed by atoms with Crippen molar-refractivity contribution in [1.29, 1.82) is 0 Å². The number of hydrogen-bond acceptors (Lipinski definition) is 4. The topological polar surface area (TPSA) is 55.4 Å². The van der Waals surface area contributed by atoms with Crippen LogP contribution in [0.15, 0.2) is 17.0 Å². The van der Waals surface area contributed by atoms with E-state index in [1.54, 1.807) is 11.8 Å². The van der Waals surface area contributed by atoms with Crippen LogP contribution in [0.2, 0.25) is 0 Å². The van der Waals surface area contributed by atoms with Crippen LogP contribution in [-0.2, 0) is 14.3 Å². The highest BCUT2D eigenvalue weighted by molar-refractivity contribution is 8.00. The van der Waals surface area contributed by atoms with Crippen molar-refractivity contribution in [2.75, 3.05) is 19.4 Å². The van der Waals surface area contributed by atoms with E-state index in [0.717, 1.165) is 0 Å². The first-order valence-corrected chi connectivity index (χ1v) is 7.96. The van der Waals surface area contributed by atoms with Gasteiger partial charge in [-0.25, -0.2) is 0 Å². The summed E-state index contributed by atoms with van der Waals surface area (Å²) in [5.41, 5.74) is 3.65. The zero-order chi connectivity index (χ0) is 15.8. The second kappa shape index (κ2) is 8.72. The number of benzene rings is 1. The van der Waals surface area contributed by atoms with Gasteiger partial charge in [-0.2, -0.15) is 0 Å². The highest BCUT2D eigenvalue weighted by atomic mass is 32.2. The maximum atomic E-state index is 11.8. The van der Waals surface area contributed by atoms with Crippen molar-refractivity contribution in [2.45, 2.75) is 38.5 Å². The third kappa shape index (κ3) is 6.21. The van der Waals surface area contributed by atoms with Gasteiger partial charge in [0.1, 0.15) is 0 Å². The Morgan fingerprint density at radius 1 is 1.19 bits per heavy atom. The van der Waals surface area contributed by atoms with Crippen molar-refractivity contribution in [3.05, 3.63) is 28.8 Å². The molecule has 116 valence electrons. The predicted octanol–water partition coefficient (Wildman–Crippen LogP) is 2.77. The van der Waals surface area contributed by atoms with Gasteiger partial charge < -0.3 is 10.1 Å². The van der Waals surface area contributed by atoms with Crippen LogP contribution in [0, 0.1) is 20.8 Å². The Hall–Kier alpha value is -1.49. The van der Waals surface area contributed by atoms with Gasteiger partial charge in [0.25, 0.3) is 0 Å². The van der Waals surface area contributed by atoms with Gasteiger partial charge in [0, 0.05) is 17.9 Å². The summed E-state index contributed by atoms with van der Waals surface area (Å²) in [6.07, 6.45) is 0.936. The Morgan fingerprint density at radius 3 is 2.38 bits per heavy atom. The number of amides is 1. The van der Waals surface area contributed by atoms with Gasteiger partial charge in [-0.3, -0.25) is 9.59 Å². The lowest BCUT2D eigenvalue weighted by Crippen LogP contribution is -2.26. The number of ether oxygens (including phenoxy) is 1. The molecule has 0 bridgehead atoms. The number of carbonyl (C=O) groups excluding carboxylic acids is 2. The molecule has 1 aromatic carbocycles. The van der Waals surface area contributed by atoms with Crippen molar-refractivity contribution in [3.8, 4) is 0 Å². The van der Waals surface area contributed by atoms with Gasteiger partial charge in [-0.05, 0) is 38.3 Å². The number of nitrogens with one attached hydrogen (secondary N) is 1. The molecule has 0 aliphatic rings. The molecule has 1 N–H and O–H groups in total. The Labute approximate surface area is 130 Å². The second-order valence-corrected chi connectivity index (χ2v) is 6.03. The molecule has 0 fully saturated rings. The van der Waals surface area contributed by atoms with E-state index in [2.05, 4.69) is 43.0 Å². The molecule has 5 heteroatoms. The summed E-state index contributed by atoms with van der Waals surface area (Å²) in [6, 6.07) is 4.26. The molecule has 0 aromatic heterocycles. The molecule has 0 aliphatic heterocycles. The monoisotopic (exact) mass is 309 g/mol. The van der Waals surface area contributed by atoms with Crippen LogP contribution >= 0.6 is 11.8 Å². The lowest BCUT2D eigenvalue weighted by Gasteiger charge is -2.11. The van der Waals surface area contributed by atoms with Crippen LogP contribution in [0.3, 0.4) is 0 Å². The van der Waals surface area contributed by atoms with Crippen LogP contribution in [0.4, 0.5) is 0 Å². The van der Waals surface area contributed by atoms with Crippen molar-refractivity contribution in [2.24, 2.45) is 0 Å². The Balaban J connectivity index is 2.35. The third-order valence-corrected chi connectivity index (χ3v) is 4.40. The van der Waals surface area contributed by atoms with E-state index < -0.39 is 0 Å². The van der Waals surface area contributed by atoms with E-state index in [4.69, 9.17) is 0 Å². The van der Waals surface area contributed by atoms with Gasteiger partial charge in [0.2, 0.25) is 5.91 Å². The third-order valence-electron chi connectivity index (χ3n) is 3.06. The molecule has 0 radical (unpaired) electrons. The highest BCUT2D eigenvalue weighted by Crippen LogP contribution is 2.27. The van der Waals surface area contributed by atoms with Gasteiger partial charge in [0.05, 0.1) is 12.9 Å². The minimum atomic E-state index is -0.246. The first kappa shape index (κ1) is 17.6. The van der Waals surface area contributed by atoms with E-state index in [-0.39, 0.29) is 11.9 Å². The summed E-state index contributed by atoms with van der Waals surface area (Å²) in [5, 5.41) is 2.82. The summed E-state index contributed by atoms with van der Waals surface area (Å²) in [5.74, 6) is 0.136. The molecule has 1 aromatic rings. The van der Waals surface area contributed by atoms with E-state index in [1.807, 2.05) is 0 Å². The molecule has 0 spiro atoms. The fraction of sp³-hybridized carbons (Fsp3) is 0.500. The number of methoxy groups -OCH3 is 1. The van der Waals surface area contributed by atoms with Crippen LogP contribution < -0.4 is 5.32 Å². The molecule has 4 nitrogen and oxygen atoms in total. The minimum Gasteiger partial charge on any atom is -0.469 e. The summed E-state index contributed by atoms with van der Waals surface area (Å²) in [7, 11) is 1.36. The van der Waals surface area contributed by atoms with Crippen LogP contribution in [0.25, 0.3) is 0 Å². The highest BCUT2D eigenvalue weighted by Gasteiger charge is 2.08. The lowest BCUT2D eigenvalue weighted by atomic mass is 10.1. The number of hydrogen-bond donors (Lipinski definition) is 1. The van der Waals surface area contributed by atoms with Crippen molar-refractivity contribution in [3.63, 3.8) is 0 Å². The minimum absolute atomic E-state index is 0.00996. The van der Waals surface area contributed by atoms with E-state index >= 15 is 0 Å². The Morgan fingerprint density at radius 2 is 1.81 bits per heavy atom. The summed E-state index contributed by atoms with van der Waals surface area (Å²) < 4.78 is 4.54. The number of esters is 1. The smallest absolute Gasteiger partial charge is 0.305 e. The molecular weight excluding hydrogens is 286 g/mol. The van der Waals surface area contributed by atoms with Crippen molar-refractivity contribution >= 4 is 23.6 Å². The zero-order valence-corrected chi connectivity index (χ0v) is 13.9. The van der Waals surface area contributed by atoms with Crippen LogP contribution in [-0.4, -0.2) is 31.3 Å². The standard InChI is InChI=1S/C16H23NO3S/c1-11-8-12(2)16(13(3)9-11)21-10-14(18)17-7-5-6-15(19)20-4/h8-9H,5-7,10H2,1-4H3,(H,17,18). The summed E-state index contributed by atoms with van der Waals surface area (Å²) >= 11 is 1.56. The first-order chi connectivity index (χ1) is 9.93. The van der Waals surface area contributed by atoms with Gasteiger partial charge in [-0.15, -0.1) is 11.8 Å². The number of aryl methyl sites for hydroxylation is 3. The molecule has 0 unspecified atom stereocenters. The van der Waals surface area contributed by atoms with Gasteiger partial charge in [-0.1, -0.05) is 17.7 Å². The van der Waals surface area contributed by atoms with E-state index in [0.29, 0.717) is 25.1 Å². The molecule has 0 heterocycles. The Kier molecular flexibility index (Phi) is 7.29. The molecule has 0 atom stereocenters.